The van der Waals surface area contributed by atoms with Crippen LogP contribution in [0.15, 0.2) is 11.8 Å². The van der Waals surface area contributed by atoms with Crippen molar-refractivity contribution in [3.8, 4) is 0 Å². The molecule has 0 bridgehead atoms. The molecular formula is C10H15NO2. The molecule has 0 atom stereocenters. The minimum atomic E-state index is -0.114. The van der Waals surface area contributed by atoms with Crippen LogP contribution >= 0.6 is 0 Å². The second-order valence-corrected chi connectivity index (χ2v) is 4.33. The molecule has 13 heavy (non-hydrogen) atoms. The van der Waals surface area contributed by atoms with Gasteiger partial charge in [0, 0.05) is 25.1 Å². The molecule has 0 saturated carbocycles. The molecule has 0 spiro atoms. The molecule has 0 saturated heterocycles. The third-order valence-electron chi connectivity index (χ3n) is 1.99. The van der Waals surface area contributed by atoms with Gasteiger partial charge in [0.2, 0.25) is 5.91 Å². The lowest BCUT2D eigenvalue weighted by Gasteiger charge is -2.28. The average molecular weight is 181 g/mol. The van der Waals surface area contributed by atoms with Crippen LogP contribution in [0, 0.1) is 5.41 Å². The highest BCUT2D eigenvalue weighted by atomic mass is 16.1. The highest BCUT2D eigenvalue weighted by Gasteiger charge is 2.27. The number of carbonyl (C=O) groups excluding carboxylic acids is 2. The van der Waals surface area contributed by atoms with Crippen molar-refractivity contribution >= 4 is 11.7 Å². The van der Waals surface area contributed by atoms with E-state index >= 15 is 0 Å². The predicted octanol–water partition coefficient (Wildman–Crippen LogP) is 1.40. The first kappa shape index (κ1) is 9.96. The van der Waals surface area contributed by atoms with Crippen molar-refractivity contribution in [1.29, 1.82) is 0 Å². The smallest absolute Gasteiger partial charge is 0.220 e. The first-order chi connectivity index (χ1) is 5.89. The molecule has 72 valence electrons. The van der Waals surface area contributed by atoms with Gasteiger partial charge in [-0.05, 0) is 11.8 Å². The number of ketones is 1. The summed E-state index contributed by atoms with van der Waals surface area (Å²) in [5.74, 6) is -0.0169. The summed E-state index contributed by atoms with van der Waals surface area (Å²) >= 11 is 0. The minimum absolute atomic E-state index is 0.0242. The molecule has 0 heterocycles. The maximum absolute atomic E-state index is 11.2. The summed E-state index contributed by atoms with van der Waals surface area (Å²) in [5.41, 5.74) is 0.720. The topological polar surface area (TPSA) is 46.2 Å². The molecule has 1 N–H and O–H groups in total. The van der Waals surface area contributed by atoms with Crippen LogP contribution in [0.4, 0.5) is 0 Å². The molecule has 0 aromatic heterocycles. The number of carbonyl (C=O) groups is 2. The van der Waals surface area contributed by atoms with E-state index < -0.39 is 0 Å². The molecule has 0 fully saturated rings. The number of hydrogen-bond acceptors (Lipinski definition) is 2. The van der Waals surface area contributed by atoms with Crippen molar-refractivity contribution in [3.05, 3.63) is 11.8 Å². The second kappa shape index (κ2) is 3.32. The van der Waals surface area contributed by atoms with E-state index in [0.29, 0.717) is 6.42 Å². The Morgan fingerprint density at radius 1 is 1.46 bits per heavy atom. The summed E-state index contributed by atoms with van der Waals surface area (Å²) in [5, 5.41) is 2.67. The summed E-state index contributed by atoms with van der Waals surface area (Å²) in [7, 11) is 0. The molecule has 0 aromatic rings. The van der Waals surface area contributed by atoms with Crippen molar-refractivity contribution in [3.63, 3.8) is 0 Å². The quantitative estimate of drug-likeness (QED) is 0.664. The standard InChI is InChI=1S/C10H15NO2/c1-7(12)11-8-4-9(13)6-10(2,3)5-8/h4H,5-6H2,1-3H3,(H,11,12). The highest BCUT2D eigenvalue weighted by molar-refractivity contribution is 5.92. The van der Waals surface area contributed by atoms with Crippen molar-refractivity contribution in [1.82, 2.24) is 5.32 Å². The third kappa shape index (κ3) is 3.01. The molecule has 1 rings (SSSR count). The number of amides is 1. The van der Waals surface area contributed by atoms with Gasteiger partial charge in [-0.3, -0.25) is 9.59 Å². The summed E-state index contributed by atoms with van der Waals surface area (Å²) in [6.45, 7) is 5.51. The number of rotatable bonds is 1. The Kier molecular flexibility index (Phi) is 2.55. The highest BCUT2D eigenvalue weighted by Crippen LogP contribution is 2.32. The van der Waals surface area contributed by atoms with E-state index in [2.05, 4.69) is 5.32 Å². The zero-order valence-corrected chi connectivity index (χ0v) is 8.31. The van der Waals surface area contributed by atoms with E-state index in [9.17, 15) is 9.59 Å². The van der Waals surface area contributed by atoms with Crippen LogP contribution in [-0.4, -0.2) is 11.7 Å². The number of hydrogen-bond donors (Lipinski definition) is 1. The predicted molar refractivity (Wildman–Crippen MR) is 49.9 cm³/mol. The lowest BCUT2D eigenvalue weighted by atomic mass is 9.79. The van der Waals surface area contributed by atoms with E-state index in [1.54, 1.807) is 0 Å². The molecule has 1 aliphatic carbocycles. The first-order valence-electron chi connectivity index (χ1n) is 4.40. The lowest BCUT2D eigenvalue weighted by molar-refractivity contribution is -0.118. The van der Waals surface area contributed by atoms with Gasteiger partial charge in [-0.15, -0.1) is 0 Å². The zero-order valence-electron chi connectivity index (χ0n) is 8.31. The van der Waals surface area contributed by atoms with Crippen LogP contribution < -0.4 is 5.32 Å². The monoisotopic (exact) mass is 181 g/mol. The lowest BCUT2D eigenvalue weighted by Crippen LogP contribution is -2.29. The third-order valence-corrected chi connectivity index (χ3v) is 1.99. The SMILES string of the molecule is CC(=O)NC1=CC(=O)CC(C)(C)C1. The molecule has 0 aromatic carbocycles. The van der Waals surface area contributed by atoms with Crippen LogP contribution in [0.5, 0.6) is 0 Å². The molecule has 1 amide bonds. The van der Waals surface area contributed by atoms with Gasteiger partial charge in [0.1, 0.15) is 0 Å². The largest absolute Gasteiger partial charge is 0.330 e. The number of allylic oxidation sites excluding steroid dienone is 2. The van der Waals surface area contributed by atoms with E-state index in [1.165, 1.54) is 13.0 Å². The van der Waals surface area contributed by atoms with Crippen molar-refractivity contribution < 1.29 is 9.59 Å². The maximum atomic E-state index is 11.2. The van der Waals surface area contributed by atoms with E-state index in [4.69, 9.17) is 0 Å². The van der Waals surface area contributed by atoms with Gasteiger partial charge in [0.25, 0.3) is 0 Å². The van der Waals surface area contributed by atoms with Gasteiger partial charge in [0.15, 0.2) is 5.78 Å². The summed E-state index contributed by atoms with van der Waals surface area (Å²) in [6.07, 6.45) is 2.86. The Morgan fingerprint density at radius 2 is 2.08 bits per heavy atom. The van der Waals surface area contributed by atoms with Crippen LogP contribution in [-0.2, 0) is 9.59 Å². The Morgan fingerprint density at radius 3 is 2.54 bits per heavy atom. The molecule has 0 unspecified atom stereocenters. The molecular weight excluding hydrogens is 166 g/mol. The Labute approximate surface area is 78.2 Å². The second-order valence-electron chi connectivity index (χ2n) is 4.33. The van der Waals surface area contributed by atoms with Gasteiger partial charge in [-0.2, -0.15) is 0 Å². The molecule has 3 heteroatoms. The fraction of sp³-hybridized carbons (Fsp3) is 0.600. The molecule has 1 aliphatic rings. The van der Waals surface area contributed by atoms with Crippen LogP contribution in [0.3, 0.4) is 0 Å². The van der Waals surface area contributed by atoms with E-state index in [1.807, 2.05) is 13.8 Å². The van der Waals surface area contributed by atoms with Crippen molar-refractivity contribution in [2.45, 2.75) is 33.6 Å². The minimum Gasteiger partial charge on any atom is -0.330 e. The Balaban J connectivity index is 2.75. The van der Waals surface area contributed by atoms with E-state index in [0.717, 1.165) is 12.1 Å². The van der Waals surface area contributed by atoms with Crippen molar-refractivity contribution in [2.75, 3.05) is 0 Å². The molecule has 3 nitrogen and oxygen atoms in total. The number of nitrogens with one attached hydrogen (secondary N) is 1. The van der Waals surface area contributed by atoms with Crippen LogP contribution in [0.1, 0.15) is 33.6 Å². The summed E-state index contributed by atoms with van der Waals surface area (Å²) in [4.78, 5) is 22.0. The average Bonchev–Trinajstić information content (AvgIpc) is 1.78. The summed E-state index contributed by atoms with van der Waals surface area (Å²) in [6, 6.07) is 0. The fourth-order valence-electron chi connectivity index (χ4n) is 1.65. The Bertz CT molecular complexity index is 277. The van der Waals surface area contributed by atoms with Crippen molar-refractivity contribution in [2.24, 2.45) is 5.41 Å². The fourth-order valence-corrected chi connectivity index (χ4v) is 1.65. The maximum Gasteiger partial charge on any atom is 0.220 e. The molecule has 0 aliphatic heterocycles. The molecule has 0 radical (unpaired) electrons. The van der Waals surface area contributed by atoms with Crippen LogP contribution in [0.25, 0.3) is 0 Å². The normalized spacial score (nSPS) is 20.8. The van der Waals surface area contributed by atoms with E-state index in [-0.39, 0.29) is 17.1 Å². The van der Waals surface area contributed by atoms with Gasteiger partial charge in [-0.1, -0.05) is 13.8 Å². The van der Waals surface area contributed by atoms with Gasteiger partial charge in [-0.25, -0.2) is 0 Å². The van der Waals surface area contributed by atoms with Gasteiger partial charge in [0.05, 0.1) is 0 Å². The zero-order chi connectivity index (χ0) is 10.1. The first-order valence-corrected chi connectivity index (χ1v) is 4.40. The summed E-state index contributed by atoms with van der Waals surface area (Å²) < 4.78 is 0. The van der Waals surface area contributed by atoms with Gasteiger partial charge < -0.3 is 5.32 Å². The van der Waals surface area contributed by atoms with Gasteiger partial charge >= 0.3 is 0 Å². The van der Waals surface area contributed by atoms with Crippen LogP contribution in [0.2, 0.25) is 0 Å². The Hall–Kier alpha value is -1.12.